The van der Waals surface area contributed by atoms with Crippen LogP contribution in [0, 0.1) is 5.82 Å². The Morgan fingerprint density at radius 1 is 1.14 bits per heavy atom. The number of benzene rings is 1. The van der Waals surface area contributed by atoms with Crippen LogP contribution in [0.1, 0.15) is 12.0 Å². The molecule has 1 aromatic heterocycles. The lowest BCUT2D eigenvalue weighted by atomic mass is 10.2. The molecule has 5 nitrogen and oxygen atoms in total. The van der Waals surface area contributed by atoms with Crippen LogP contribution >= 0.6 is 11.6 Å². The maximum absolute atomic E-state index is 13.7. The van der Waals surface area contributed by atoms with Crippen LogP contribution in [-0.2, 0) is 11.0 Å². The number of carbonyl (C=O) groups excluding carboxylic acids is 1. The molecule has 0 spiro atoms. The van der Waals surface area contributed by atoms with Crippen molar-refractivity contribution in [3.63, 3.8) is 0 Å². The van der Waals surface area contributed by atoms with Crippen molar-refractivity contribution in [1.29, 1.82) is 0 Å². The fourth-order valence-corrected chi connectivity index (χ4v) is 3.26. The van der Waals surface area contributed by atoms with Crippen LogP contribution in [0.4, 0.5) is 29.1 Å². The van der Waals surface area contributed by atoms with Gasteiger partial charge in [-0.1, -0.05) is 11.6 Å². The number of nitrogens with one attached hydrogen (secondary N) is 1. The van der Waals surface area contributed by atoms with Crippen LogP contribution in [0.3, 0.4) is 0 Å². The lowest BCUT2D eigenvalue weighted by Crippen LogP contribution is -2.36. The first kappa shape index (κ1) is 21.3. The van der Waals surface area contributed by atoms with Crippen LogP contribution in [0.2, 0.25) is 5.02 Å². The second-order valence-electron chi connectivity index (χ2n) is 6.69. The zero-order valence-corrected chi connectivity index (χ0v) is 16.1. The van der Waals surface area contributed by atoms with Gasteiger partial charge in [0.1, 0.15) is 11.6 Å². The topological polar surface area (TPSA) is 48.5 Å². The molecule has 2 heterocycles. The number of alkyl halides is 3. The molecular weight excluding hydrogens is 412 g/mol. The van der Waals surface area contributed by atoms with Gasteiger partial charge in [-0.2, -0.15) is 13.2 Å². The summed E-state index contributed by atoms with van der Waals surface area (Å²) >= 11 is 5.82. The van der Waals surface area contributed by atoms with E-state index < -0.39 is 17.6 Å². The fraction of sp³-hybridized carbons (Fsp3) is 0.368. The molecule has 1 aromatic carbocycles. The molecule has 0 aliphatic carbocycles. The third-order valence-corrected chi connectivity index (χ3v) is 4.79. The average molecular weight is 431 g/mol. The number of nitrogens with zero attached hydrogens (tertiary/aromatic N) is 3. The van der Waals surface area contributed by atoms with Gasteiger partial charge in [0, 0.05) is 37.4 Å². The van der Waals surface area contributed by atoms with Crippen molar-refractivity contribution in [2.45, 2.75) is 12.6 Å². The molecule has 0 saturated carbocycles. The number of carbonyl (C=O) groups is 1. The van der Waals surface area contributed by atoms with E-state index in [2.05, 4.69) is 10.3 Å². The van der Waals surface area contributed by atoms with E-state index in [0.717, 1.165) is 12.3 Å². The number of hydrogen-bond donors (Lipinski definition) is 1. The summed E-state index contributed by atoms with van der Waals surface area (Å²) < 4.78 is 51.8. The average Bonchev–Trinajstić information content (AvgIpc) is 2.90. The first-order valence-corrected chi connectivity index (χ1v) is 9.35. The van der Waals surface area contributed by atoms with Crippen molar-refractivity contribution in [3.05, 3.63) is 52.9 Å². The lowest BCUT2D eigenvalue weighted by Gasteiger charge is -2.22. The van der Waals surface area contributed by atoms with Gasteiger partial charge < -0.3 is 10.2 Å². The van der Waals surface area contributed by atoms with Gasteiger partial charge in [0.05, 0.1) is 17.8 Å². The van der Waals surface area contributed by atoms with Gasteiger partial charge in [-0.3, -0.25) is 9.69 Å². The minimum Gasteiger partial charge on any atom is -0.355 e. The fourth-order valence-electron chi connectivity index (χ4n) is 3.09. The van der Waals surface area contributed by atoms with E-state index in [1.165, 1.54) is 24.3 Å². The number of anilines is 2. The molecule has 29 heavy (non-hydrogen) atoms. The van der Waals surface area contributed by atoms with Crippen LogP contribution in [0.5, 0.6) is 0 Å². The van der Waals surface area contributed by atoms with Gasteiger partial charge in [0.15, 0.2) is 0 Å². The molecule has 0 atom stereocenters. The molecule has 1 amide bonds. The monoisotopic (exact) mass is 430 g/mol. The highest BCUT2D eigenvalue weighted by atomic mass is 35.5. The van der Waals surface area contributed by atoms with Crippen molar-refractivity contribution in [1.82, 2.24) is 9.88 Å². The maximum Gasteiger partial charge on any atom is 0.417 e. The van der Waals surface area contributed by atoms with Gasteiger partial charge in [-0.05, 0) is 36.8 Å². The Morgan fingerprint density at radius 3 is 2.62 bits per heavy atom. The second kappa shape index (κ2) is 8.96. The number of hydrogen-bond acceptors (Lipinski definition) is 4. The highest BCUT2D eigenvalue weighted by molar-refractivity contribution is 6.30. The molecule has 0 bridgehead atoms. The van der Waals surface area contributed by atoms with E-state index in [1.54, 1.807) is 0 Å². The quantitative estimate of drug-likeness (QED) is 0.744. The van der Waals surface area contributed by atoms with E-state index in [4.69, 9.17) is 11.6 Å². The van der Waals surface area contributed by atoms with Crippen molar-refractivity contribution in [3.8, 4) is 0 Å². The number of halogens is 5. The van der Waals surface area contributed by atoms with Crippen molar-refractivity contribution in [2.24, 2.45) is 0 Å². The number of aromatic nitrogens is 1. The van der Waals surface area contributed by atoms with E-state index in [-0.39, 0.29) is 18.1 Å². The molecule has 0 unspecified atom stereocenters. The summed E-state index contributed by atoms with van der Waals surface area (Å²) in [6.45, 7) is 2.34. The number of rotatable bonds is 4. The Hall–Kier alpha value is -2.39. The normalized spacial score (nSPS) is 15.8. The zero-order chi connectivity index (χ0) is 21.0. The second-order valence-corrected chi connectivity index (χ2v) is 7.13. The summed E-state index contributed by atoms with van der Waals surface area (Å²) in [4.78, 5) is 20.0. The lowest BCUT2D eigenvalue weighted by molar-refractivity contribution is -0.137. The van der Waals surface area contributed by atoms with E-state index >= 15 is 0 Å². The molecule has 1 aliphatic rings. The Bertz CT molecular complexity index is 860. The predicted octanol–water partition coefficient (Wildman–Crippen LogP) is 4.04. The van der Waals surface area contributed by atoms with Crippen molar-refractivity contribution < 1.29 is 22.4 Å². The largest absolute Gasteiger partial charge is 0.417 e. The smallest absolute Gasteiger partial charge is 0.355 e. The first-order valence-electron chi connectivity index (χ1n) is 8.98. The summed E-state index contributed by atoms with van der Waals surface area (Å²) in [5.41, 5.74) is -0.768. The van der Waals surface area contributed by atoms with E-state index in [1.807, 2.05) is 9.80 Å². The highest BCUT2D eigenvalue weighted by Crippen LogP contribution is 2.29. The van der Waals surface area contributed by atoms with Gasteiger partial charge >= 0.3 is 6.18 Å². The Kier molecular flexibility index (Phi) is 6.59. The number of amides is 1. The molecule has 1 saturated heterocycles. The van der Waals surface area contributed by atoms with Gasteiger partial charge in [0.2, 0.25) is 5.91 Å². The summed E-state index contributed by atoms with van der Waals surface area (Å²) in [6, 6.07) is 6.28. The summed E-state index contributed by atoms with van der Waals surface area (Å²) in [5.74, 6) is -0.476. The van der Waals surface area contributed by atoms with Crippen molar-refractivity contribution >= 4 is 29.0 Å². The molecule has 3 rings (SSSR count). The summed E-state index contributed by atoms with van der Waals surface area (Å²) in [6.07, 6.45) is -2.89. The Balaban J connectivity index is 1.55. The third kappa shape index (κ3) is 5.80. The first-order chi connectivity index (χ1) is 13.7. The molecular formula is C19H19ClF4N4O. The Labute approximate surface area is 170 Å². The minimum atomic E-state index is -4.42. The predicted molar refractivity (Wildman–Crippen MR) is 103 cm³/mol. The van der Waals surface area contributed by atoms with Crippen LogP contribution < -0.4 is 10.2 Å². The standard InChI is InChI=1S/C19H19ClF4N4O/c20-14-3-4-15(21)16(10-14)26-18(29)12-27-6-1-7-28(9-8-27)17-5-2-13(11-25-17)19(22,23)24/h2-5,10-11H,1,6-9,12H2,(H,26,29). The molecule has 1 N–H and O–H groups in total. The van der Waals surface area contributed by atoms with E-state index in [9.17, 15) is 22.4 Å². The molecule has 1 fully saturated rings. The number of pyridine rings is 1. The summed E-state index contributed by atoms with van der Waals surface area (Å²) in [7, 11) is 0. The van der Waals surface area contributed by atoms with Gasteiger partial charge in [0.25, 0.3) is 0 Å². The molecule has 156 valence electrons. The van der Waals surface area contributed by atoms with Crippen LogP contribution in [-0.4, -0.2) is 48.5 Å². The minimum absolute atomic E-state index is 0.0212. The van der Waals surface area contributed by atoms with Gasteiger partial charge in [-0.25, -0.2) is 9.37 Å². The molecule has 0 radical (unpaired) electrons. The van der Waals surface area contributed by atoms with Crippen LogP contribution in [0.15, 0.2) is 36.5 Å². The summed E-state index contributed by atoms with van der Waals surface area (Å²) in [5, 5.41) is 2.83. The third-order valence-electron chi connectivity index (χ3n) is 4.56. The van der Waals surface area contributed by atoms with E-state index in [0.29, 0.717) is 43.4 Å². The SMILES string of the molecule is O=C(CN1CCCN(c2ccc(C(F)(F)F)cn2)CC1)Nc1cc(Cl)ccc1F. The van der Waals surface area contributed by atoms with Crippen LogP contribution in [0.25, 0.3) is 0 Å². The maximum atomic E-state index is 13.7. The molecule has 10 heteroatoms. The van der Waals surface area contributed by atoms with Crippen molar-refractivity contribution in [2.75, 3.05) is 42.9 Å². The molecule has 1 aliphatic heterocycles. The Morgan fingerprint density at radius 2 is 1.93 bits per heavy atom. The molecule has 2 aromatic rings. The zero-order valence-electron chi connectivity index (χ0n) is 15.3. The highest BCUT2D eigenvalue weighted by Gasteiger charge is 2.31. The van der Waals surface area contributed by atoms with Gasteiger partial charge in [-0.15, -0.1) is 0 Å².